The minimum atomic E-state index is -3.37. The molecule has 0 aromatic carbocycles. The molecule has 2 saturated heterocycles. The van der Waals surface area contributed by atoms with Gasteiger partial charge in [-0.25, -0.2) is 8.42 Å². The topological polar surface area (TPSA) is 91.8 Å². The minimum Gasteiger partial charge on any atom is -0.481 e. The molecule has 2 atom stereocenters. The van der Waals surface area contributed by atoms with E-state index in [0.29, 0.717) is 25.1 Å². The van der Waals surface area contributed by atoms with Crippen LogP contribution in [0.3, 0.4) is 0 Å². The molecule has 2 unspecified atom stereocenters. The van der Waals surface area contributed by atoms with Gasteiger partial charge in [-0.3, -0.25) is 9.59 Å². The largest absolute Gasteiger partial charge is 0.481 e. The maximum absolute atomic E-state index is 12.5. The number of hydrogen-bond donors (Lipinski definition) is 1. The second kappa shape index (κ2) is 6.34. The van der Waals surface area contributed by atoms with Crippen LogP contribution in [0.25, 0.3) is 0 Å². The first-order valence-corrected chi connectivity index (χ1v) is 9.60. The number of carboxylic acids is 1. The Labute approximate surface area is 122 Å². The Balaban J connectivity index is 2.14. The van der Waals surface area contributed by atoms with Gasteiger partial charge in [-0.2, -0.15) is 11.8 Å². The monoisotopic (exact) mass is 321 g/mol. The van der Waals surface area contributed by atoms with Gasteiger partial charge >= 0.3 is 5.97 Å². The lowest BCUT2D eigenvalue weighted by Gasteiger charge is -2.37. The fraction of sp³-hybridized carbons (Fsp3) is 0.833. The van der Waals surface area contributed by atoms with Crippen molar-refractivity contribution in [2.45, 2.75) is 37.0 Å². The van der Waals surface area contributed by atoms with Crippen molar-refractivity contribution in [3.05, 3.63) is 0 Å². The molecule has 2 heterocycles. The predicted octanol–water partition coefficient (Wildman–Crippen LogP) is 0.372. The summed E-state index contributed by atoms with van der Waals surface area (Å²) in [5.41, 5.74) is 0. The number of sulfone groups is 1. The SMILES string of the molecule is O=C(O)CC1CSCCN1C(=O)C1CCCCS1(=O)=O. The van der Waals surface area contributed by atoms with Gasteiger partial charge < -0.3 is 10.0 Å². The summed E-state index contributed by atoms with van der Waals surface area (Å²) in [6, 6.07) is -0.393. The molecule has 2 aliphatic rings. The fourth-order valence-electron chi connectivity index (χ4n) is 2.73. The second-order valence-electron chi connectivity index (χ2n) is 5.21. The molecule has 1 N–H and O–H groups in total. The Kier molecular flexibility index (Phi) is 4.95. The summed E-state index contributed by atoms with van der Waals surface area (Å²) in [4.78, 5) is 24.9. The number of thioether (sulfide) groups is 1. The summed E-state index contributed by atoms with van der Waals surface area (Å²) >= 11 is 1.61. The lowest BCUT2D eigenvalue weighted by molar-refractivity contribution is -0.140. The van der Waals surface area contributed by atoms with E-state index in [0.717, 1.165) is 12.2 Å². The van der Waals surface area contributed by atoms with Crippen LogP contribution in [-0.4, -0.2) is 65.4 Å². The van der Waals surface area contributed by atoms with Gasteiger partial charge in [0.05, 0.1) is 18.2 Å². The van der Waals surface area contributed by atoms with Crippen molar-refractivity contribution in [3.63, 3.8) is 0 Å². The average Bonchev–Trinajstić information content (AvgIpc) is 2.37. The van der Waals surface area contributed by atoms with Gasteiger partial charge in [-0.1, -0.05) is 6.42 Å². The Hall–Kier alpha value is -0.760. The molecule has 0 aromatic heterocycles. The lowest BCUT2D eigenvalue weighted by atomic mass is 10.1. The molecular weight excluding hydrogens is 302 g/mol. The number of aliphatic carboxylic acids is 1. The molecule has 0 aliphatic carbocycles. The van der Waals surface area contributed by atoms with E-state index < -0.39 is 33.0 Å². The molecule has 0 aromatic rings. The van der Waals surface area contributed by atoms with E-state index in [9.17, 15) is 18.0 Å². The molecule has 0 bridgehead atoms. The van der Waals surface area contributed by atoms with Gasteiger partial charge in [0, 0.05) is 18.1 Å². The molecule has 1 amide bonds. The molecule has 0 saturated carbocycles. The zero-order chi connectivity index (χ0) is 14.8. The fourth-order valence-corrected chi connectivity index (χ4v) is 5.65. The molecule has 20 heavy (non-hydrogen) atoms. The molecule has 0 radical (unpaired) electrons. The third kappa shape index (κ3) is 3.46. The average molecular weight is 321 g/mol. The van der Waals surface area contributed by atoms with Crippen LogP contribution in [-0.2, 0) is 19.4 Å². The van der Waals surface area contributed by atoms with Gasteiger partial charge in [-0.05, 0) is 12.8 Å². The minimum absolute atomic E-state index is 0.0651. The lowest BCUT2D eigenvalue weighted by Crippen LogP contribution is -2.53. The van der Waals surface area contributed by atoms with Crippen LogP contribution >= 0.6 is 11.8 Å². The molecule has 2 rings (SSSR count). The van der Waals surface area contributed by atoms with Gasteiger partial charge in [0.1, 0.15) is 5.25 Å². The first-order chi connectivity index (χ1) is 9.42. The van der Waals surface area contributed by atoms with Crippen molar-refractivity contribution in [1.82, 2.24) is 4.90 Å². The molecule has 6 nitrogen and oxygen atoms in total. The van der Waals surface area contributed by atoms with E-state index >= 15 is 0 Å². The summed E-state index contributed by atoms with van der Waals surface area (Å²) in [7, 11) is -3.37. The molecule has 114 valence electrons. The number of amides is 1. The van der Waals surface area contributed by atoms with Crippen LogP contribution in [0.5, 0.6) is 0 Å². The Morgan fingerprint density at radius 1 is 1.30 bits per heavy atom. The van der Waals surface area contributed by atoms with E-state index in [1.807, 2.05) is 0 Å². The zero-order valence-electron chi connectivity index (χ0n) is 11.2. The van der Waals surface area contributed by atoms with E-state index in [4.69, 9.17) is 5.11 Å². The van der Waals surface area contributed by atoms with Crippen LogP contribution in [0, 0.1) is 0 Å². The van der Waals surface area contributed by atoms with Crippen molar-refractivity contribution in [2.24, 2.45) is 0 Å². The van der Waals surface area contributed by atoms with E-state index in [2.05, 4.69) is 0 Å². The quantitative estimate of drug-likeness (QED) is 0.807. The Bertz CT molecular complexity index is 490. The maximum Gasteiger partial charge on any atom is 0.305 e. The number of rotatable bonds is 3. The normalized spacial score (nSPS) is 29.9. The molecule has 8 heteroatoms. The molecular formula is C12H19NO5S2. The summed E-state index contributed by atoms with van der Waals surface area (Å²) in [6.45, 7) is 0.438. The van der Waals surface area contributed by atoms with Gasteiger partial charge in [0.15, 0.2) is 9.84 Å². The highest BCUT2D eigenvalue weighted by Crippen LogP contribution is 2.26. The van der Waals surface area contributed by atoms with Crippen molar-refractivity contribution < 1.29 is 23.1 Å². The predicted molar refractivity (Wildman–Crippen MR) is 76.5 cm³/mol. The Morgan fingerprint density at radius 2 is 2.05 bits per heavy atom. The van der Waals surface area contributed by atoms with Gasteiger partial charge in [-0.15, -0.1) is 0 Å². The van der Waals surface area contributed by atoms with Gasteiger partial charge in [0.2, 0.25) is 5.91 Å². The van der Waals surface area contributed by atoms with Crippen LogP contribution in [0.1, 0.15) is 25.7 Å². The van der Waals surface area contributed by atoms with Crippen LogP contribution in [0.4, 0.5) is 0 Å². The summed E-state index contributed by atoms with van der Waals surface area (Å²) < 4.78 is 24.1. The van der Waals surface area contributed by atoms with Crippen LogP contribution in [0.2, 0.25) is 0 Å². The maximum atomic E-state index is 12.5. The highest BCUT2D eigenvalue weighted by Gasteiger charge is 2.40. The number of hydrogen-bond acceptors (Lipinski definition) is 5. The first kappa shape index (κ1) is 15.6. The van der Waals surface area contributed by atoms with Crippen LogP contribution < -0.4 is 0 Å². The van der Waals surface area contributed by atoms with E-state index in [1.165, 1.54) is 4.90 Å². The zero-order valence-corrected chi connectivity index (χ0v) is 12.8. The summed E-state index contributed by atoms with van der Waals surface area (Å²) in [5, 5.41) is 7.95. The molecule has 0 spiro atoms. The van der Waals surface area contributed by atoms with Crippen molar-refractivity contribution in [3.8, 4) is 0 Å². The second-order valence-corrected chi connectivity index (χ2v) is 8.66. The number of nitrogens with zero attached hydrogens (tertiary/aromatic N) is 1. The van der Waals surface area contributed by atoms with Crippen LogP contribution in [0.15, 0.2) is 0 Å². The third-order valence-electron chi connectivity index (χ3n) is 3.77. The van der Waals surface area contributed by atoms with E-state index in [1.54, 1.807) is 11.8 Å². The Morgan fingerprint density at radius 3 is 2.70 bits per heavy atom. The van der Waals surface area contributed by atoms with Crippen molar-refractivity contribution >= 4 is 33.5 Å². The summed E-state index contributed by atoms with van der Waals surface area (Å²) in [5.74, 6) is 0.00715. The van der Waals surface area contributed by atoms with Crippen molar-refractivity contribution in [1.29, 1.82) is 0 Å². The van der Waals surface area contributed by atoms with E-state index in [-0.39, 0.29) is 12.2 Å². The highest BCUT2D eigenvalue weighted by molar-refractivity contribution is 7.99. The summed E-state index contributed by atoms with van der Waals surface area (Å²) in [6.07, 6.45) is 1.60. The number of carbonyl (C=O) groups is 2. The third-order valence-corrected chi connectivity index (χ3v) is 7.03. The van der Waals surface area contributed by atoms with Crippen molar-refractivity contribution in [2.75, 3.05) is 23.8 Å². The highest BCUT2D eigenvalue weighted by atomic mass is 32.2. The molecule has 2 fully saturated rings. The van der Waals surface area contributed by atoms with Gasteiger partial charge in [0.25, 0.3) is 0 Å². The molecule has 2 aliphatic heterocycles. The smallest absolute Gasteiger partial charge is 0.305 e. The first-order valence-electron chi connectivity index (χ1n) is 6.73. The standard InChI is InChI=1S/C12H19NO5S2/c14-11(15)7-9-8-19-5-4-13(9)12(16)10-3-1-2-6-20(10,17)18/h9-10H,1-8H2,(H,14,15). The number of carbonyl (C=O) groups excluding carboxylic acids is 1. The number of carboxylic acid groups (broad SMARTS) is 1.